The third kappa shape index (κ3) is 15.8. The van der Waals surface area contributed by atoms with Crippen molar-refractivity contribution in [2.75, 3.05) is 14.1 Å². The first-order valence-corrected chi connectivity index (χ1v) is 9.61. The Morgan fingerprint density at radius 2 is 1.61 bits per heavy atom. The van der Waals surface area contributed by atoms with Gasteiger partial charge >= 0.3 is 0 Å². The van der Waals surface area contributed by atoms with Crippen molar-refractivity contribution in [3.8, 4) is 0 Å². The number of unbranched alkanes of at least 4 members (excludes halogenated alkanes) is 8. The van der Waals surface area contributed by atoms with Gasteiger partial charge in [-0.15, -0.1) is 0 Å². The van der Waals surface area contributed by atoms with Gasteiger partial charge in [-0.25, -0.2) is 0 Å². The lowest BCUT2D eigenvalue weighted by molar-refractivity contribution is -0.128. The Balaban J connectivity index is 3.32. The second-order valence-electron chi connectivity index (χ2n) is 6.80. The molecule has 136 valence electrons. The first kappa shape index (κ1) is 22.2. The Kier molecular flexibility index (Phi) is 15.5. The van der Waals surface area contributed by atoms with Crippen molar-refractivity contribution in [3.63, 3.8) is 0 Å². The smallest absolute Gasteiger partial charge is 0.222 e. The second kappa shape index (κ2) is 16.0. The summed E-state index contributed by atoms with van der Waals surface area (Å²) in [6.07, 6.45) is 18.5. The maximum Gasteiger partial charge on any atom is 0.222 e. The van der Waals surface area contributed by atoms with Gasteiger partial charge in [-0.3, -0.25) is 4.79 Å². The molecule has 0 aliphatic carbocycles. The van der Waals surface area contributed by atoms with Crippen molar-refractivity contribution in [1.29, 1.82) is 0 Å². The molecule has 3 nitrogen and oxygen atoms in total. The molecular weight excluding hydrogens is 286 g/mol. The molecule has 0 saturated heterocycles. The molecule has 0 aliphatic rings. The Labute approximate surface area is 144 Å². The Morgan fingerprint density at radius 3 is 2.30 bits per heavy atom. The van der Waals surface area contributed by atoms with Gasteiger partial charge in [0.2, 0.25) is 5.91 Å². The third-order valence-electron chi connectivity index (χ3n) is 4.23. The average molecular weight is 326 g/mol. The number of aliphatic hydroxyl groups is 1. The van der Waals surface area contributed by atoms with Crippen LogP contribution in [0.4, 0.5) is 0 Å². The molecule has 0 heterocycles. The van der Waals surface area contributed by atoms with E-state index >= 15 is 0 Å². The lowest BCUT2D eigenvalue weighted by Gasteiger charge is -2.09. The van der Waals surface area contributed by atoms with E-state index in [1.807, 2.05) is 14.1 Å². The van der Waals surface area contributed by atoms with Crippen molar-refractivity contribution in [3.05, 3.63) is 12.2 Å². The van der Waals surface area contributed by atoms with Crippen molar-refractivity contribution < 1.29 is 9.90 Å². The van der Waals surface area contributed by atoms with Gasteiger partial charge in [-0.2, -0.15) is 0 Å². The van der Waals surface area contributed by atoms with Crippen LogP contribution in [0.25, 0.3) is 0 Å². The second-order valence-corrected chi connectivity index (χ2v) is 6.80. The minimum absolute atomic E-state index is 0.155. The lowest BCUT2D eigenvalue weighted by Crippen LogP contribution is -2.20. The van der Waals surface area contributed by atoms with E-state index in [1.54, 1.807) is 4.90 Å². The molecule has 0 aliphatic heterocycles. The molecule has 0 aromatic heterocycles. The number of rotatable bonds is 15. The highest BCUT2D eigenvalue weighted by Crippen LogP contribution is 2.10. The summed E-state index contributed by atoms with van der Waals surface area (Å²) < 4.78 is 0. The summed E-state index contributed by atoms with van der Waals surface area (Å²) in [6, 6.07) is 0. The van der Waals surface area contributed by atoms with Crippen molar-refractivity contribution >= 4 is 5.91 Å². The summed E-state index contributed by atoms with van der Waals surface area (Å²) in [5.41, 5.74) is 0. The van der Waals surface area contributed by atoms with Crippen LogP contribution in [0, 0.1) is 0 Å². The zero-order chi connectivity index (χ0) is 17.3. The summed E-state index contributed by atoms with van der Waals surface area (Å²) in [5, 5.41) is 9.85. The molecule has 0 bridgehead atoms. The molecule has 1 amide bonds. The van der Waals surface area contributed by atoms with E-state index in [0.29, 0.717) is 6.42 Å². The van der Waals surface area contributed by atoms with Gasteiger partial charge in [0.15, 0.2) is 0 Å². The molecule has 0 aromatic rings. The lowest BCUT2D eigenvalue weighted by atomic mass is 10.1. The molecule has 0 fully saturated rings. The zero-order valence-corrected chi connectivity index (χ0v) is 15.7. The number of carbonyl (C=O) groups excluding carboxylic acids is 1. The van der Waals surface area contributed by atoms with E-state index < -0.39 is 0 Å². The standard InChI is InChI=1S/C20H39NO2/c1-4-5-6-13-16-19(22)17-14-11-9-7-8-10-12-15-18-20(23)21(2)3/h11,14,19,22H,4-10,12-13,15-18H2,1-3H3/t19-/m1/s1. The first-order valence-electron chi connectivity index (χ1n) is 9.61. The highest BCUT2D eigenvalue weighted by Gasteiger charge is 2.02. The summed E-state index contributed by atoms with van der Waals surface area (Å²) in [5.74, 6) is 0.237. The monoisotopic (exact) mass is 325 g/mol. The Bertz CT molecular complexity index is 300. The van der Waals surface area contributed by atoms with Gasteiger partial charge in [0.25, 0.3) is 0 Å². The quantitative estimate of drug-likeness (QED) is 0.337. The van der Waals surface area contributed by atoms with E-state index in [2.05, 4.69) is 19.1 Å². The fraction of sp³-hybridized carbons (Fsp3) is 0.850. The molecular formula is C20H39NO2. The SMILES string of the molecule is CCCCCC[C@@H](O)CC=CCCCCCCCC(=O)N(C)C. The third-order valence-corrected chi connectivity index (χ3v) is 4.23. The molecule has 0 aromatic carbocycles. The van der Waals surface area contributed by atoms with E-state index in [4.69, 9.17) is 0 Å². The molecule has 0 saturated carbocycles. The predicted octanol–water partition coefficient (Wildman–Crippen LogP) is 5.08. The van der Waals surface area contributed by atoms with Crippen LogP contribution in [-0.4, -0.2) is 36.1 Å². The van der Waals surface area contributed by atoms with Crippen LogP contribution in [0.3, 0.4) is 0 Å². The topological polar surface area (TPSA) is 40.5 Å². The largest absolute Gasteiger partial charge is 0.393 e. The van der Waals surface area contributed by atoms with Crippen LogP contribution in [0.1, 0.15) is 90.4 Å². The number of carbonyl (C=O) groups is 1. The molecule has 1 N–H and O–H groups in total. The Hall–Kier alpha value is -0.830. The van der Waals surface area contributed by atoms with Gasteiger partial charge in [0.05, 0.1) is 6.10 Å². The number of hydrogen-bond acceptors (Lipinski definition) is 2. The minimum Gasteiger partial charge on any atom is -0.393 e. The number of hydrogen-bond donors (Lipinski definition) is 1. The number of allylic oxidation sites excluding steroid dienone is 1. The first-order chi connectivity index (χ1) is 11.1. The van der Waals surface area contributed by atoms with E-state index in [-0.39, 0.29) is 12.0 Å². The van der Waals surface area contributed by atoms with Gasteiger partial charge in [0, 0.05) is 20.5 Å². The maximum atomic E-state index is 11.4. The van der Waals surface area contributed by atoms with Crippen molar-refractivity contribution in [2.24, 2.45) is 0 Å². The summed E-state index contributed by atoms with van der Waals surface area (Å²) >= 11 is 0. The minimum atomic E-state index is -0.155. The fourth-order valence-corrected chi connectivity index (χ4v) is 2.59. The average Bonchev–Trinajstić information content (AvgIpc) is 2.53. The molecule has 0 unspecified atom stereocenters. The van der Waals surface area contributed by atoms with Crippen LogP contribution in [-0.2, 0) is 4.79 Å². The van der Waals surface area contributed by atoms with Crippen molar-refractivity contribution in [1.82, 2.24) is 4.90 Å². The molecule has 23 heavy (non-hydrogen) atoms. The van der Waals surface area contributed by atoms with Crippen LogP contribution >= 0.6 is 0 Å². The molecule has 1 atom stereocenters. The zero-order valence-electron chi connectivity index (χ0n) is 15.7. The summed E-state index contributed by atoms with van der Waals surface area (Å²) in [6.45, 7) is 2.21. The van der Waals surface area contributed by atoms with E-state index in [0.717, 1.165) is 38.5 Å². The van der Waals surface area contributed by atoms with E-state index in [9.17, 15) is 9.90 Å². The number of nitrogens with zero attached hydrogens (tertiary/aromatic N) is 1. The van der Waals surface area contributed by atoms with Crippen LogP contribution in [0.2, 0.25) is 0 Å². The van der Waals surface area contributed by atoms with Gasteiger partial charge in [-0.1, -0.05) is 64.0 Å². The fourth-order valence-electron chi connectivity index (χ4n) is 2.59. The van der Waals surface area contributed by atoms with Crippen LogP contribution in [0.15, 0.2) is 12.2 Å². The molecule has 0 rings (SSSR count). The number of aliphatic hydroxyl groups excluding tert-OH is 1. The normalized spacial score (nSPS) is 12.7. The highest BCUT2D eigenvalue weighted by molar-refractivity contribution is 5.75. The van der Waals surface area contributed by atoms with Crippen LogP contribution < -0.4 is 0 Å². The summed E-state index contributed by atoms with van der Waals surface area (Å²) in [4.78, 5) is 13.1. The van der Waals surface area contributed by atoms with Gasteiger partial charge < -0.3 is 10.0 Å². The Morgan fingerprint density at radius 1 is 0.957 bits per heavy atom. The van der Waals surface area contributed by atoms with Gasteiger partial charge in [-0.05, 0) is 32.1 Å². The summed E-state index contributed by atoms with van der Waals surface area (Å²) in [7, 11) is 3.63. The maximum absolute atomic E-state index is 11.4. The van der Waals surface area contributed by atoms with E-state index in [1.165, 1.54) is 38.5 Å². The van der Waals surface area contributed by atoms with Crippen LogP contribution in [0.5, 0.6) is 0 Å². The number of amides is 1. The van der Waals surface area contributed by atoms with Gasteiger partial charge in [0.1, 0.15) is 0 Å². The van der Waals surface area contributed by atoms with Crippen molar-refractivity contribution in [2.45, 2.75) is 96.5 Å². The molecule has 0 spiro atoms. The molecule has 3 heteroatoms. The highest BCUT2D eigenvalue weighted by atomic mass is 16.3. The predicted molar refractivity (Wildman–Crippen MR) is 99.5 cm³/mol. The molecule has 0 radical (unpaired) electrons.